The SMILES string of the molecule is CC(C)(I)C1CCCNC1. The molecule has 0 aromatic rings. The van der Waals surface area contributed by atoms with Gasteiger partial charge in [0.25, 0.3) is 0 Å². The molecule has 2 heteroatoms. The van der Waals surface area contributed by atoms with E-state index in [-0.39, 0.29) is 0 Å². The van der Waals surface area contributed by atoms with Crippen LogP contribution in [0, 0.1) is 5.92 Å². The summed E-state index contributed by atoms with van der Waals surface area (Å²) in [5.41, 5.74) is 0. The number of hydrogen-bond donors (Lipinski definition) is 1. The maximum atomic E-state index is 3.44. The predicted molar refractivity (Wildman–Crippen MR) is 53.7 cm³/mol. The first-order valence-corrected chi connectivity index (χ1v) is 5.08. The Morgan fingerprint density at radius 2 is 2.20 bits per heavy atom. The molecule has 0 bridgehead atoms. The van der Waals surface area contributed by atoms with E-state index >= 15 is 0 Å². The number of rotatable bonds is 1. The van der Waals surface area contributed by atoms with E-state index in [0.717, 1.165) is 5.92 Å². The van der Waals surface area contributed by atoms with Gasteiger partial charge < -0.3 is 5.32 Å². The highest BCUT2D eigenvalue weighted by Gasteiger charge is 2.27. The van der Waals surface area contributed by atoms with Gasteiger partial charge in [-0.25, -0.2) is 0 Å². The highest BCUT2D eigenvalue weighted by molar-refractivity contribution is 14.1. The summed E-state index contributed by atoms with van der Waals surface area (Å²) in [5.74, 6) is 0.877. The van der Waals surface area contributed by atoms with E-state index in [2.05, 4.69) is 41.8 Å². The molecule has 1 N–H and O–H groups in total. The van der Waals surface area contributed by atoms with Gasteiger partial charge in [0.2, 0.25) is 0 Å². The van der Waals surface area contributed by atoms with E-state index in [1.54, 1.807) is 0 Å². The molecule has 0 aliphatic carbocycles. The van der Waals surface area contributed by atoms with Crippen LogP contribution in [0.3, 0.4) is 0 Å². The molecule has 1 saturated heterocycles. The van der Waals surface area contributed by atoms with Gasteiger partial charge in [-0.15, -0.1) is 0 Å². The quantitative estimate of drug-likeness (QED) is 0.558. The third kappa shape index (κ3) is 2.38. The summed E-state index contributed by atoms with van der Waals surface area (Å²) in [4.78, 5) is 0. The lowest BCUT2D eigenvalue weighted by Gasteiger charge is -2.32. The molecule has 0 spiro atoms. The van der Waals surface area contributed by atoms with Crippen LogP contribution < -0.4 is 5.32 Å². The monoisotopic (exact) mass is 253 g/mol. The first kappa shape index (κ1) is 8.78. The first-order valence-electron chi connectivity index (χ1n) is 4.00. The van der Waals surface area contributed by atoms with Crippen molar-refractivity contribution in [2.45, 2.75) is 30.1 Å². The Bertz CT molecular complexity index is 100. The fourth-order valence-corrected chi connectivity index (χ4v) is 1.97. The minimum Gasteiger partial charge on any atom is -0.316 e. The van der Waals surface area contributed by atoms with Gasteiger partial charge in [0, 0.05) is 3.42 Å². The van der Waals surface area contributed by atoms with Crippen molar-refractivity contribution >= 4 is 22.6 Å². The Hall–Kier alpha value is 0.690. The average molecular weight is 253 g/mol. The number of nitrogens with one attached hydrogen (secondary N) is 1. The van der Waals surface area contributed by atoms with Crippen molar-refractivity contribution in [2.24, 2.45) is 5.92 Å². The highest BCUT2D eigenvalue weighted by Crippen LogP contribution is 2.31. The molecule has 0 amide bonds. The number of halogens is 1. The lowest BCUT2D eigenvalue weighted by atomic mass is 9.89. The summed E-state index contributed by atoms with van der Waals surface area (Å²) < 4.78 is 0.477. The Balaban J connectivity index is 2.39. The Morgan fingerprint density at radius 1 is 1.50 bits per heavy atom. The molecule has 0 radical (unpaired) electrons. The van der Waals surface area contributed by atoms with Gasteiger partial charge in [0.1, 0.15) is 0 Å². The zero-order valence-corrected chi connectivity index (χ0v) is 8.94. The summed E-state index contributed by atoms with van der Waals surface area (Å²) in [6.07, 6.45) is 2.76. The maximum Gasteiger partial charge on any atom is 0.0206 e. The molecular formula is C8H16IN. The summed E-state index contributed by atoms with van der Waals surface area (Å²) in [6.45, 7) is 7.09. The normalized spacial score (nSPS) is 28.5. The predicted octanol–water partition coefficient (Wildman–Crippen LogP) is 2.20. The third-order valence-corrected chi connectivity index (χ3v) is 3.15. The minimum atomic E-state index is 0.477. The molecule has 1 aliphatic heterocycles. The lowest BCUT2D eigenvalue weighted by Crippen LogP contribution is -2.38. The molecule has 1 rings (SSSR count). The van der Waals surface area contributed by atoms with Gasteiger partial charge in [-0.05, 0) is 31.8 Å². The van der Waals surface area contributed by atoms with Crippen molar-refractivity contribution in [1.29, 1.82) is 0 Å². The van der Waals surface area contributed by atoms with Crippen molar-refractivity contribution in [3.63, 3.8) is 0 Å². The van der Waals surface area contributed by atoms with Crippen LogP contribution in [0.25, 0.3) is 0 Å². The van der Waals surface area contributed by atoms with E-state index in [1.165, 1.54) is 25.9 Å². The second kappa shape index (κ2) is 3.39. The van der Waals surface area contributed by atoms with Crippen molar-refractivity contribution in [3.05, 3.63) is 0 Å². The van der Waals surface area contributed by atoms with Gasteiger partial charge in [0.05, 0.1) is 0 Å². The molecular weight excluding hydrogens is 237 g/mol. The van der Waals surface area contributed by atoms with Crippen molar-refractivity contribution in [1.82, 2.24) is 5.32 Å². The summed E-state index contributed by atoms with van der Waals surface area (Å²) >= 11 is 2.56. The first-order chi connectivity index (χ1) is 4.61. The fourth-order valence-electron chi connectivity index (χ4n) is 1.44. The van der Waals surface area contributed by atoms with Gasteiger partial charge >= 0.3 is 0 Å². The average Bonchev–Trinajstić information content (AvgIpc) is 1.88. The topological polar surface area (TPSA) is 12.0 Å². The minimum absolute atomic E-state index is 0.477. The Labute approximate surface area is 77.1 Å². The van der Waals surface area contributed by atoms with E-state index in [1.807, 2.05) is 0 Å². The number of hydrogen-bond acceptors (Lipinski definition) is 1. The molecule has 10 heavy (non-hydrogen) atoms. The van der Waals surface area contributed by atoms with Gasteiger partial charge in [-0.2, -0.15) is 0 Å². The molecule has 1 aliphatic rings. The van der Waals surface area contributed by atoms with E-state index in [9.17, 15) is 0 Å². The second-order valence-electron chi connectivity index (χ2n) is 3.61. The molecule has 60 valence electrons. The van der Waals surface area contributed by atoms with Crippen LogP contribution in [0.1, 0.15) is 26.7 Å². The zero-order chi connectivity index (χ0) is 7.61. The fraction of sp³-hybridized carbons (Fsp3) is 1.00. The summed E-state index contributed by atoms with van der Waals surface area (Å²) in [5, 5.41) is 3.44. The largest absolute Gasteiger partial charge is 0.316 e. The maximum absolute atomic E-state index is 3.44. The van der Waals surface area contributed by atoms with Gasteiger partial charge in [-0.3, -0.25) is 0 Å². The molecule has 1 unspecified atom stereocenters. The van der Waals surface area contributed by atoms with Gasteiger partial charge in [0.15, 0.2) is 0 Å². The summed E-state index contributed by atoms with van der Waals surface area (Å²) in [7, 11) is 0. The molecule has 1 fully saturated rings. The zero-order valence-electron chi connectivity index (χ0n) is 6.78. The van der Waals surface area contributed by atoms with Crippen LogP contribution in [0.5, 0.6) is 0 Å². The van der Waals surface area contributed by atoms with E-state index in [4.69, 9.17) is 0 Å². The highest BCUT2D eigenvalue weighted by atomic mass is 127. The van der Waals surface area contributed by atoms with Crippen LogP contribution in [0.15, 0.2) is 0 Å². The van der Waals surface area contributed by atoms with E-state index in [0.29, 0.717) is 3.42 Å². The lowest BCUT2D eigenvalue weighted by molar-refractivity contribution is 0.332. The van der Waals surface area contributed by atoms with Crippen molar-refractivity contribution < 1.29 is 0 Å². The summed E-state index contributed by atoms with van der Waals surface area (Å²) in [6, 6.07) is 0. The molecule has 1 heterocycles. The number of piperidine rings is 1. The Morgan fingerprint density at radius 3 is 2.50 bits per heavy atom. The Kier molecular flexibility index (Phi) is 2.98. The second-order valence-corrected chi connectivity index (χ2v) is 6.39. The van der Waals surface area contributed by atoms with Crippen LogP contribution in [-0.4, -0.2) is 16.5 Å². The molecule has 0 saturated carbocycles. The molecule has 1 atom stereocenters. The van der Waals surface area contributed by atoms with Crippen LogP contribution in [0.2, 0.25) is 0 Å². The molecule has 0 aromatic carbocycles. The molecule has 0 aromatic heterocycles. The van der Waals surface area contributed by atoms with Gasteiger partial charge in [-0.1, -0.05) is 36.4 Å². The standard InChI is InChI=1S/C8H16IN/c1-8(2,9)7-4-3-5-10-6-7/h7,10H,3-6H2,1-2H3. The van der Waals surface area contributed by atoms with Crippen molar-refractivity contribution in [2.75, 3.05) is 13.1 Å². The van der Waals surface area contributed by atoms with E-state index < -0.39 is 0 Å². The van der Waals surface area contributed by atoms with Crippen molar-refractivity contribution in [3.8, 4) is 0 Å². The van der Waals surface area contributed by atoms with Crippen LogP contribution in [-0.2, 0) is 0 Å². The smallest absolute Gasteiger partial charge is 0.0206 e. The van der Waals surface area contributed by atoms with Crippen LogP contribution in [0.4, 0.5) is 0 Å². The molecule has 1 nitrogen and oxygen atoms in total. The van der Waals surface area contributed by atoms with Crippen LogP contribution >= 0.6 is 22.6 Å². The third-order valence-electron chi connectivity index (χ3n) is 2.27. The number of alkyl halides is 1.